The van der Waals surface area contributed by atoms with Gasteiger partial charge >= 0.3 is 5.97 Å². The van der Waals surface area contributed by atoms with E-state index in [1.165, 1.54) is 0 Å². The molecule has 1 fully saturated rings. The highest BCUT2D eigenvalue weighted by Crippen LogP contribution is 2.11. The summed E-state index contributed by atoms with van der Waals surface area (Å²) in [6.45, 7) is 6.72. The lowest BCUT2D eigenvalue weighted by molar-refractivity contribution is -0.138. The van der Waals surface area contributed by atoms with Gasteiger partial charge < -0.3 is 9.84 Å². The van der Waals surface area contributed by atoms with Crippen LogP contribution in [-0.2, 0) is 9.53 Å². The number of carboxylic acids is 1. The summed E-state index contributed by atoms with van der Waals surface area (Å²) in [7, 11) is 0. The van der Waals surface area contributed by atoms with Gasteiger partial charge in [-0.1, -0.05) is 12.2 Å². The summed E-state index contributed by atoms with van der Waals surface area (Å²) in [5.74, 6) is -0.879. The molecule has 4 nitrogen and oxygen atoms in total. The molecule has 0 saturated carbocycles. The summed E-state index contributed by atoms with van der Waals surface area (Å²) >= 11 is 0. The Kier molecular flexibility index (Phi) is 4.10. The molecule has 0 aliphatic carbocycles. The molecule has 1 aliphatic heterocycles. The van der Waals surface area contributed by atoms with E-state index in [1.807, 2.05) is 0 Å². The number of rotatable bonds is 5. The molecule has 2 unspecified atom stereocenters. The van der Waals surface area contributed by atoms with Gasteiger partial charge in [0.25, 0.3) is 0 Å². The minimum absolute atomic E-state index is 0.163. The first kappa shape index (κ1) is 11.2. The molecule has 4 heteroatoms. The van der Waals surface area contributed by atoms with Gasteiger partial charge in [0.2, 0.25) is 0 Å². The average molecular weight is 199 g/mol. The molecular formula is C10H17NO3. The largest absolute Gasteiger partial charge is 0.480 e. The SMILES string of the molecule is C=C(C)C(NCC1CCCO1)C(=O)O. The highest BCUT2D eigenvalue weighted by atomic mass is 16.5. The number of ether oxygens (including phenoxy) is 1. The molecule has 1 heterocycles. The van der Waals surface area contributed by atoms with E-state index in [0.717, 1.165) is 19.4 Å². The molecule has 2 atom stereocenters. The molecule has 0 aromatic carbocycles. The molecule has 14 heavy (non-hydrogen) atoms. The number of hydrogen-bond donors (Lipinski definition) is 2. The smallest absolute Gasteiger partial charge is 0.324 e. The van der Waals surface area contributed by atoms with Crippen molar-refractivity contribution in [3.8, 4) is 0 Å². The second-order valence-electron chi connectivity index (χ2n) is 3.66. The van der Waals surface area contributed by atoms with Crippen molar-refractivity contribution < 1.29 is 14.6 Å². The Bertz CT molecular complexity index is 207. The van der Waals surface area contributed by atoms with Gasteiger partial charge in [0.1, 0.15) is 6.04 Å². The van der Waals surface area contributed by atoms with Gasteiger partial charge in [-0.05, 0) is 19.8 Å². The fourth-order valence-electron chi connectivity index (χ4n) is 1.53. The van der Waals surface area contributed by atoms with Crippen LogP contribution in [0.1, 0.15) is 19.8 Å². The topological polar surface area (TPSA) is 58.6 Å². The van der Waals surface area contributed by atoms with Crippen LogP contribution < -0.4 is 5.32 Å². The zero-order valence-electron chi connectivity index (χ0n) is 8.45. The molecule has 0 bridgehead atoms. The van der Waals surface area contributed by atoms with E-state index < -0.39 is 12.0 Å². The minimum Gasteiger partial charge on any atom is -0.480 e. The van der Waals surface area contributed by atoms with Crippen LogP contribution in [0.5, 0.6) is 0 Å². The molecular weight excluding hydrogens is 182 g/mol. The predicted octanol–water partition coefficient (Wildman–Crippen LogP) is 0.784. The summed E-state index contributed by atoms with van der Waals surface area (Å²) in [4.78, 5) is 10.8. The van der Waals surface area contributed by atoms with Crippen LogP contribution in [0.15, 0.2) is 12.2 Å². The van der Waals surface area contributed by atoms with Gasteiger partial charge in [0.05, 0.1) is 6.10 Å². The Labute approximate surface area is 83.9 Å². The second-order valence-corrected chi connectivity index (χ2v) is 3.66. The van der Waals surface area contributed by atoms with Crippen LogP contribution in [0, 0.1) is 0 Å². The van der Waals surface area contributed by atoms with Crippen molar-refractivity contribution >= 4 is 5.97 Å². The van der Waals surface area contributed by atoms with Crippen LogP contribution in [0.4, 0.5) is 0 Å². The van der Waals surface area contributed by atoms with E-state index in [-0.39, 0.29) is 6.10 Å². The number of carbonyl (C=O) groups is 1. The van der Waals surface area contributed by atoms with E-state index in [0.29, 0.717) is 12.1 Å². The summed E-state index contributed by atoms with van der Waals surface area (Å²) in [6.07, 6.45) is 2.24. The van der Waals surface area contributed by atoms with Crippen molar-refractivity contribution in [3.63, 3.8) is 0 Å². The number of aliphatic carboxylic acids is 1. The molecule has 0 amide bonds. The Morgan fingerprint density at radius 1 is 1.79 bits per heavy atom. The standard InChI is InChI=1S/C10H17NO3/c1-7(2)9(10(12)13)11-6-8-4-3-5-14-8/h8-9,11H,1,3-6H2,2H3,(H,12,13). The number of carboxylic acid groups (broad SMARTS) is 1. The number of hydrogen-bond acceptors (Lipinski definition) is 3. The highest BCUT2D eigenvalue weighted by molar-refractivity contribution is 5.77. The van der Waals surface area contributed by atoms with Crippen molar-refractivity contribution in [2.75, 3.05) is 13.2 Å². The van der Waals surface area contributed by atoms with Crippen molar-refractivity contribution in [2.24, 2.45) is 0 Å². The molecule has 0 aromatic heterocycles. The third-order valence-corrected chi connectivity index (χ3v) is 2.31. The second kappa shape index (κ2) is 5.12. The summed E-state index contributed by atoms with van der Waals surface area (Å²) in [5, 5.41) is 11.8. The quantitative estimate of drug-likeness (QED) is 0.642. The third-order valence-electron chi connectivity index (χ3n) is 2.31. The predicted molar refractivity (Wildman–Crippen MR) is 53.2 cm³/mol. The summed E-state index contributed by atoms with van der Waals surface area (Å²) in [6, 6.07) is -0.654. The molecule has 1 saturated heterocycles. The first-order valence-electron chi connectivity index (χ1n) is 4.84. The van der Waals surface area contributed by atoms with Gasteiger partial charge in [-0.3, -0.25) is 10.1 Å². The first-order valence-corrected chi connectivity index (χ1v) is 4.84. The van der Waals surface area contributed by atoms with Crippen molar-refractivity contribution in [2.45, 2.75) is 31.9 Å². The van der Waals surface area contributed by atoms with Crippen LogP contribution in [0.2, 0.25) is 0 Å². The average Bonchev–Trinajstić information content (AvgIpc) is 2.55. The molecule has 1 aliphatic rings. The molecule has 0 spiro atoms. The van der Waals surface area contributed by atoms with E-state index in [1.54, 1.807) is 6.92 Å². The lowest BCUT2D eigenvalue weighted by Crippen LogP contribution is -2.41. The van der Waals surface area contributed by atoms with Gasteiger partial charge in [-0.15, -0.1) is 0 Å². The molecule has 2 N–H and O–H groups in total. The zero-order chi connectivity index (χ0) is 10.6. The van der Waals surface area contributed by atoms with Crippen molar-refractivity contribution in [3.05, 3.63) is 12.2 Å². The van der Waals surface area contributed by atoms with Gasteiger partial charge in [-0.2, -0.15) is 0 Å². The molecule has 1 rings (SSSR count). The zero-order valence-corrected chi connectivity index (χ0v) is 8.45. The van der Waals surface area contributed by atoms with Gasteiger partial charge in [0, 0.05) is 13.2 Å². The number of nitrogens with one attached hydrogen (secondary N) is 1. The van der Waals surface area contributed by atoms with Crippen LogP contribution in [0.25, 0.3) is 0 Å². The van der Waals surface area contributed by atoms with E-state index in [2.05, 4.69) is 11.9 Å². The maximum atomic E-state index is 10.8. The van der Waals surface area contributed by atoms with Crippen molar-refractivity contribution in [1.82, 2.24) is 5.32 Å². The maximum Gasteiger partial charge on any atom is 0.324 e. The minimum atomic E-state index is -0.879. The lowest BCUT2D eigenvalue weighted by atomic mass is 10.1. The van der Waals surface area contributed by atoms with E-state index in [4.69, 9.17) is 9.84 Å². The normalized spacial score (nSPS) is 23.4. The summed E-state index contributed by atoms with van der Waals surface area (Å²) in [5.41, 5.74) is 0.621. The van der Waals surface area contributed by atoms with Crippen LogP contribution in [-0.4, -0.2) is 36.4 Å². The van der Waals surface area contributed by atoms with E-state index >= 15 is 0 Å². The van der Waals surface area contributed by atoms with E-state index in [9.17, 15) is 4.79 Å². The van der Waals surface area contributed by atoms with Crippen LogP contribution in [0.3, 0.4) is 0 Å². The Morgan fingerprint density at radius 3 is 2.93 bits per heavy atom. The van der Waals surface area contributed by atoms with Crippen molar-refractivity contribution in [1.29, 1.82) is 0 Å². The molecule has 0 radical (unpaired) electrons. The Hall–Kier alpha value is -0.870. The molecule has 0 aromatic rings. The Morgan fingerprint density at radius 2 is 2.50 bits per heavy atom. The van der Waals surface area contributed by atoms with Gasteiger partial charge in [0.15, 0.2) is 0 Å². The lowest BCUT2D eigenvalue weighted by Gasteiger charge is -2.17. The first-order chi connectivity index (χ1) is 6.61. The molecule has 80 valence electrons. The van der Waals surface area contributed by atoms with Crippen LogP contribution >= 0.6 is 0 Å². The third kappa shape index (κ3) is 3.12. The maximum absolute atomic E-state index is 10.8. The Balaban J connectivity index is 2.32. The fraction of sp³-hybridized carbons (Fsp3) is 0.700. The highest BCUT2D eigenvalue weighted by Gasteiger charge is 2.21. The van der Waals surface area contributed by atoms with Gasteiger partial charge in [-0.25, -0.2) is 0 Å². The monoisotopic (exact) mass is 199 g/mol. The fourth-order valence-corrected chi connectivity index (χ4v) is 1.53. The summed E-state index contributed by atoms with van der Waals surface area (Å²) < 4.78 is 5.38.